The molecule has 0 radical (unpaired) electrons. The topological polar surface area (TPSA) is 51.2 Å². The molecule has 0 saturated heterocycles. The van der Waals surface area contributed by atoms with Gasteiger partial charge >= 0.3 is 5.97 Å². The molecule has 4 nitrogen and oxygen atoms in total. The number of nitrogens with zero attached hydrogens (tertiary/aromatic N) is 1. The van der Waals surface area contributed by atoms with Gasteiger partial charge in [0.25, 0.3) is 0 Å². The van der Waals surface area contributed by atoms with Crippen LogP contribution in [0.1, 0.15) is 43.0 Å². The van der Waals surface area contributed by atoms with Gasteiger partial charge in [-0.2, -0.15) is 0 Å². The lowest BCUT2D eigenvalue weighted by Crippen LogP contribution is -2.16. The van der Waals surface area contributed by atoms with Crippen LogP contribution >= 0.6 is 0 Å². The summed E-state index contributed by atoms with van der Waals surface area (Å²) in [6.07, 6.45) is 6.55. The highest BCUT2D eigenvalue weighted by Crippen LogP contribution is 2.28. The molecular formula is C17H20N2O2. The standard InChI is InChI=1S/C17H20N2O2/c1-2-21-17(20)15-11-18-16(19-12-7-3-4-8-12)14-10-6-5-9-13(14)15/h5-6,9-12H,2-4,7-8H2,1H3,(H,18,19). The first-order valence-electron chi connectivity index (χ1n) is 7.61. The Labute approximate surface area is 124 Å². The fourth-order valence-electron chi connectivity index (χ4n) is 2.94. The van der Waals surface area contributed by atoms with E-state index in [1.165, 1.54) is 25.7 Å². The van der Waals surface area contributed by atoms with Gasteiger partial charge in [-0.05, 0) is 19.8 Å². The van der Waals surface area contributed by atoms with Crippen LogP contribution in [0.5, 0.6) is 0 Å². The van der Waals surface area contributed by atoms with Crippen molar-refractivity contribution >= 4 is 22.6 Å². The number of rotatable bonds is 4. The van der Waals surface area contributed by atoms with Crippen molar-refractivity contribution in [2.24, 2.45) is 0 Å². The van der Waals surface area contributed by atoms with Gasteiger partial charge in [-0.15, -0.1) is 0 Å². The van der Waals surface area contributed by atoms with E-state index in [0.29, 0.717) is 18.2 Å². The minimum Gasteiger partial charge on any atom is -0.462 e. The molecule has 1 N–H and O–H groups in total. The third-order valence-corrected chi connectivity index (χ3v) is 3.99. The highest BCUT2D eigenvalue weighted by Gasteiger charge is 2.18. The third kappa shape index (κ3) is 2.84. The van der Waals surface area contributed by atoms with Crippen molar-refractivity contribution in [3.63, 3.8) is 0 Å². The number of nitrogens with one attached hydrogen (secondary N) is 1. The average molecular weight is 284 g/mol. The molecule has 1 aliphatic carbocycles. The fourth-order valence-corrected chi connectivity index (χ4v) is 2.94. The fraction of sp³-hybridized carbons (Fsp3) is 0.412. The Morgan fingerprint density at radius 1 is 1.29 bits per heavy atom. The zero-order valence-electron chi connectivity index (χ0n) is 12.3. The van der Waals surface area contributed by atoms with Crippen molar-refractivity contribution in [1.82, 2.24) is 4.98 Å². The van der Waals surface area contributed by atoms with Gasteiger partial charge in [-0.1, -0.05) is 37.1 Å². The minimum atomic E-state index is -0.311. The summed E-state index contributed by atoms with van der Waals surface area (Å²) in [4.78, 5) is 16.5. The van der Waals surface area contributed by atoms with Crippen LogP contribution in [0.25, 0.3) is 10.8 Å². The molecule has 1 aromatic carbocycles. The lowest BCUT2D eigenvalue weighted by Gasteiger charge is -2.15. The number of benzene rings is 1. The molecule has 0 aliphatic heterocycles. The summed E-state index contributed by atoms with van der Waals surface area (Å²) >= 11 is 0. The maximum atomic E-state index is 12.0. The molecule has 0 amide bonds. The summed E-state index contributed by atoms with van der Waals surface area (Å²) in [5, 5.41) is 5.40. The maximum absolute atomic E-state index is 12.0. The Morgan fingerprint density at radius 3 is 2.71 bits per heavy atom. The molecule has 1 heterocycles. The molecule has 21 heavy (non-hydrogen) atoms. The van der Waals surface area contributed by atoms with Crippen LogP contribution in [-0.4, -0.2) is 23.6 Å². The van der Waals surface area contributed by atoms with Crippen molar-refractivity contribution < 1.29 is 9.53 Å². The minimum absolute atomic E-state index is 0.311. The monoisotopic (exact) mass is 284 g/mol. The van der Waals surface area contributed by atoms with Crippen LogP contribution in [0.15, 0.2) is 30.5 Å². The summed E-state index contributed by atoms with van der Waals surface area (Å²) in [7, 11) is 0. The van der Waals surface area contributed by atoms with E-state index in [2.05, 4.69) is 10.3 Å². The number of aromatic nitrogens is 1. The SMILES string of the molecule is CCOC(=O)c1cnc(NC2CCCC2)c2ccccc12. The van der Waals surface area contributed by atoms with Gasteiger partial charge < -0.3 is 10.1 Å². The predicted molar refractivity (Wildman–Crippen MR) is 83.6 cm³/mol. The Hall–Kier alpha value is -2.10. The van der Waals surface area contributed by atoms with Crippen LogP contribution in [0, 0.1) is 0 Å². The molecule has 0 unspecified atom stereocenters. The third-order valence-electron chi connectivity index (χ3n) is 3.99. The number of fused-ring (bicyclic) bond motifs is 1. The molecule has 2 aromatic rings. The summed E-state index contributed by atoms with van der Waals surface area (Å²) in [5.74, 6) is 0.555. The van der Waals surface area contributed by atoms with Crippen molar-refractivity contribution in [3.8, 4) is 0 Å². The number of hydrogen-bond donors (Lipinski definition) is 1. The Morgan fingerprint density at radius 2 is 2.00 bits per heavy atom. The Bertz CT molecular complexity index is 648. The molecule has 1 saturated carbocycles. The van der Waals surface area contributed by atoms with Crippen LogP contribution in [-0.2, 0) is 4.74 Å². The van der Waals surface area contributed by atoms with Crippen molar-refractivity contribution in [1.29, 1.82) is 0 Å². The molecule has 1 aliphatic rings. The van der Waals surface area contributed by atoms with Gasteiger partial charge in [0.1, 0.15) is 5.82 Å². The molecule has 1 fully saturated rings. The molecule has 3 rings (SSSR count). The van der Waals surface area contributed by atoms with E-state index in [0.717, 1.165) is 16.6 Å². The molecule has 4 heteroatoms. The molecule has 0 bridgehead atoms. The number of hydrogen-bond acceptors (Lipinski definition) is 4. The van der Waals surface area contributed by atoms with Gasteiger partial charge in [0, 0.05) is 23.0 Å². The second-order valence-corrected chi connectivity index (χ2v) is 5.41. The second kappa shape index (κ2) is 6.12. The first kappa shape index (κ1) is 13.9. The van der Waals surface area contributed by atoms with Crippen LogP contribution < -0.4 is 5.32 Å². The number of ether oxygens (including phenoxy) is 1. The van der Waals surface area contributed by atoms with E-state index in [4.69, 9.17) is 4.74 Å². The van der Waals surface area contributed by atoms with Gasteiger partial charge in [0.15, 0.2) is 0 Å². The zero-order valence-corrected chi connectivity index (χ0v) is 12.3. The lowest BCUT2D eigenvalue weighted by atomic mass is 10.1. The molecule has 0 atom stereocenters. The van der Waals surface area contributed by atoms with Crippen molar-refractivity contribution in [2.75, 3.05) is 11.9 Å². The first-order valence-corrected chi connectivity index (χ1v) is 7.61. The summed E-state index contributed by atoms with van der Waals surface area (Å²) < 4.78 is 5.11. The highest BCUT2D eigenvalue weighted by atomic mass is 16.5. The van der Waals surface area contributed by atoms with E-state index >= 15 is 0 Å². The lowest BCUT2D eigenvalue weighted by molar-refractivity contribution is 0.0528. The van der Waals surface area contributed by atoms with Crippen molar-refractivity contribution in [3.05, 3.63) is 36.0 Å². The van der Waals surface area contributed by atoms with Crippen molar-refractivity contribution in [2.45, 2.75) is 38.6 Å². The summed E-state index contributed by atoms with van der Waals surface area (Å²) in [6.45, 7) is 2.18. The zero-order chi connectivity index (χ0) is 14.7. The average Bonchev–Trinajstić information content (AvgIpc) is 3.01. The van der Waals surface area contributed by atoms with Crippen LogP contribution in [0.3, 0.4) is 0 Å². The quantitative estimate of drug-likeness (QED) is 0.868. The van der Waals surface area contributed by atoms with Gasteiger partial charge in [-0.25, -0.2) is 9.78 Å². The number of anilines is 1. The summed E-state index contributed by atoms with van der Waals surface area (Å²) in [6, 6.07) is 8.35. The highest BCUT2D eigenvalue weighted by molar-refractivity contribution is 6.07. The first-order chi connectivity index (χ1) is 10.3. The number of carbonyl (C=O) groups is 1. The smallest absolute Gasteiger partial charge is 0.340 e. The number of carbonyl (C=O) groups excluding carboxylic acids is 1. The van der Waals surface area contributed by atoms with E-state index in [-0.39, 0.29) is 5.97 Å². The molecular weight excluding hydrogens is 264 g/mol. The molecule has 110 valence electrons. The van der Waals surface area contributed by atoms with Gasteiger partial charge in [-0.3, -0.25) is 0 Å². The second-order valence-electron chi connectivity index (χ2n) is 5.41. The van der Waals surface area contributed by atoms with E-state index in [9.17, 15) is 4.79 Å². The number of esters is 1. The number of pyridine rings is 1. The van der Waals surface area contributed by atoms with Crippen LogP contribution in [0.4, 0.5) is 5.82 Å². The van der Waals surface area contributed by atoms with E-state index in [1.807, 2.05) is 31.2 Å². The predicted octanol–water partition coefficient (Wildman–Crippen LogP) is 3.77. The van der Waals surface area contributed by atoms with E-state index < -0.39 is 0 Å². The maximum Gasteiger partial charge on any atom is 0.340 e. The van der Waals surface area contributed by atoms with Gasteiger partial charge in [0.05, 0.1) is 12.2 Å². The largest absolute Gasteiger partial charge is 0.462 e. The molecule has 1 aromatic heterocycles. The normalized spacial score (nSPS) is 15.3. The molecule has 0 spiro atoms. The van der Waals surface area contributed by atoms with Gasteiger partial charge in [0.2, 0.25) is 0 Å². The Kier molecular flexibility index (Phi) is 4.04. The summed E-state index contributed by atoms with van der Waals surface area (Å²) in [5.41, 5.74) is 0.532. The Balaban J connectivity index is 1.99. The van der Waals surface area contributed by atoms with E-state index in [1.54, 1.807) is 6.20 Å². The van der Waals surface area contributed by atoms with Crippen LogP contribution in [0.2, 0.25) is 0 Å².